The van der Waals surface area contributed by atoms with Crippen LogP contribution >= 0.6 is 0 Å². The molecule has 0 atom stereocenters. The second-order valence-corrected chi connectivity index (χ2v) is 6.71. The lowest BCUT2D eigenvalue weighted by molar-refractivity contribution is -0.138. The second kappa shape index (κ2) is 8.60. The summed E-state index contributed by atoms with van der Waals surface area (Å²) < 4.78 is 52.3. The lowest BCUT2D eigenvalue weighted by Gasteiger charge is -2.34. The van der Waals surface area contributed by atoms with Gasteiger partial charge in [0.25, 0.3) is 0 Å². The van der Waals surface area contributed by atoms with E-state index in [9.17, 15) is 22.4 Å². The van der Waals surface area contributed by atoms with Crippen LogP contribution in [0.1, 0.15) is 16.7 Å². The number of alkyl halides is 3. The smallest absolute Gasteiger partial charge is 0.334 e. The monoisotopic (exact) mass is 395 g/mol. The molecule has 1 N–H and O–H groups in total. The number of benzene rings is 2. The number of hydrogen-bond acceptors (Lipinski definition) is 2. The third-order valence-corrected chi connectivity index (χ3v) is 4.72. The summed E-state index contributed by atoms with van der Waals surface area (Å²) in [4.78, 5) is 16.1. The average Bonchev–Trinajstić information content (AvgIpc) is 2.67. The van der Waals surface area contributed by atoms with E-state index in [1.54, 1.807) is 4.90 Å². The zero-order valence-corrected chi connectivity index (χ0v) is 15.2. The lowest BCUT2D eigenvalue weighted by Crippen LogP contribution is -2.51. The first-order chi connectivity index (χ1) is 13.3. The Bertz CT molecular complexity index is 803. The summed E-state index contributed by atoms with van der Waals surface area (Å²) in [5.41, 5.74) is -0.0400. The first-order valence-corrected chi connectivity index (χ1v) is 8.97. The number of piperazine rings is 1. The highest BCUT2D eigenvalue weighted by Gasteiger charge is 2.34. The maximum atomic E-state index is 13.2. The molecule has 0 spiro atoms. The van der Waals surface area contributed by atoms with E-state index < -0.39 is 23.6 Å². The van der Waals surface area contributed by atoms with Crippen LogP contribution < -0.4 is 5.32 Å². The average molecular weight is 395 g/mol. The number of carbonyl (C=O) groups excluding carboxylic acids is 1. The van der Waals surface area contributed by atoms with Crippen molar-refractivity contribution in [1.29, 1.82) is 0 Å². The minimum absolute atomic E-state index is 0.162. The molecule has 8 heteroatoms. The van der Waals surface area contributed by atoms with Crippen LogP contribution in [0.5, 0.6) is 0 Å². The van der Waals surface area contributed by atoms with Gasteiger partial charge in [-0.25, -0.2) is 9.18 Å². The van der Waals surface area contributed by atoms with Gasteiger partial charge in [0, 0.05) is 39.3 Å². The Balaban J connectivity index is 1.52. The van der Waals surface area contributed by atoms with E-state index >= 15 is 0 Å². The van der Waals surface area contributed by atoms with Gasteiger partial charge in [0.15, 0.2) is 0 Å². The summed E-state index contributed by atoms with van der Waals surface area (Å²) in [6.45, 7) is 2.85. The third kappa shape index (κ3) is 5.22. The molecular formula is C20H21F4N3O. The largest absolute Gasteiger partial charge is 0.416 e. The number of nitrogens with zero attached hydrogens (tertiary/aromatic N) is 2. The van der Waals surface area contributed by atoms with E-state index in [4.69, 9.17) is 0 Å². The van der Waals surface area contributed by atoms with Gasteiger partial charge in [-0.15, -0.1) is 0 Å². The molecule has 0 unspecified atom stereocenters. The summed E-state index contributed by atoms with van der Waals surface area (Å²) >= 11 is 0. The van der Waals surface area contributed by atoms with E-state index in [0.29, 0.717) is 32.2 Å². The maximum Gasteiger partial charge on any atom is 0.416 e. The van der Waals surface area contributed by atoms with E-state index in [0.717, 1.165) is 18.7 Å². The van der Waals surface area contributed by atoms with Gasteiger partial charge >= 0.3 is 12.2 Å². The van der Waals surface area contributed by atoms with Crippen LogP contribution in [0.4, 0.5) is 22.4 Å². The molecule has 1 saturated heterocycles. The molecule has 1 fully saturated rings. The number of hydrogen-bond donors (Lipinski definition) is 1. The second-order valence-electron chi connectivity index (χ2n) is 6.71. The van der Waals surface area contributed by atoms with Crippen molar-refractivity contribution < 1.29 is 22.4 Å². The molecule has 28 heavy (non-hydrogen) atoms. The quantitative estimate of drug-likeness (QED) is 0.798. The van der Waals surface area contributed by atoms with Gasteiger partial charge < -0.3 is 10.2 Å². The van der Waals surface area contributed by atoms with Gasteiger partial charge in [-0.1, -0.05) is 36.4 Å². The van der Waals surface area contributed by atoms with Crippen molar-refractivity contribution in [2.45, 2.75) is 19.3 Å². The molecule has 0 aliphatic carbocycles. The zero-order chi connectivity index (χ0) is 20.1. The van der Waals surface area contributed by atoms with Gasteiger partial charge in [-0.3, -0.25) is 4.90 Å². The topological polar surface area (TPSA) is 35.6 Å². The molecular weight excluding hydrogens is 374 g/mol. The molecule has 0 saturated carbocycles. The number of amides is 2. The van der Waals surface area contributed by atoms with Crippen molar-refractivity contribution in [3.63, 3.8) is 0 Å². The number of nitrogens with one attached hydrogen (secondary N) is 1. The van der Waals surface area contributed by atoms with E-state index in [1.807, 2.05) is 30.3 Å². The summed E-state index contributed by atoms with van der Waals surface area (Å²) in [5.74, 6) is -0.961. The number of urea groups is 1. The fourth-order valence-electron chi connectivity index (χ4n) is 3.20. The summed E-state index contributed by atoms with van der Waals surface area (Å²) in [6.07, 6.45) is -4.68. The Labute approximate surface area is 160 Å². The zero-order valence-electron chi connectivity index (χ0n) is 15.2. The van der Waals surface area contributed by atoms with Gasteiger partial charge in [0.2, 0.25) is 0 Å². The third-order valence-electron chi connectivity index (χ3n) is 4.72. The Kier molecular flexibility index (Phi) is 6.18. The molecule has 0 radical (unpaired) electrons. The van der Waals surface area contributed by atoms with Gasteiger partial charge in [0.05, 0.1) is 5.56 Å². The summed E-state index contributed by atoms with van der Waals surface area (Å²) in [7, 11) is 0. The van der Waals surface area contributed by atoms with Crippen LogP contribution in [-0.4, -0.2) is 42.0 Å². The first kappa shape index (κ1) is 20.1. The Hall–Kier alpha value is -2.61. The van der Waals surface area contributed by atoms with Crippen molar-refractivity contribution in [2.24, 2.45) is 0 Å². The molecule has 150 valence electrons. The van der Waals surface area contributed by atoms with E-state index in [-0.39, 0.29) is 12.1 Å². The van der Waals surface area contributed by atoms with Crippen LogP contribution in [0.15, 0.2) is 48.5 Å². The van der Waals surface area contributed by atoms with Crippen molar-refractivity contribution in [3.05, 3.63) is 71.0 Å². The molecule has 0 aromatic heterocycles. The highest BCUT2D eigenvalue weighted by atomic mass is 19.4. The molecule has 0 bridgehead atoms. The Morgan fingerprint density at radius 1 is 1.00 bits per heavy atom. The number of rotatable bonds is 4. The van der Waals surface area contributed by atoms with Crippen molar-refractivity contribution in [3.8, 4) is 0 Å². The summed E-state index contributed by atoms with van der Waals surface area (Å²) in [5, 5.41) is 2.51. The lowest BCUT2D eigenvalue weighted by atomic mass is 10.1. The molecule has 1 heterocycles. The molecule has 2 amide bonds. The van der Waals surface area contributed by atoms with Gasteiger partial charge in [-0.05, 0) is 23.3 Å². The van der Waals surface area contributed by atoms with Crippen LogP contribution in [0, 0.1) is 5.82 Å². The molecule has 2 aromatic rings. The van der Waals surface area contributed by atoms with Crippen LogP contribution in [0.25, 0.3) is 0 Å². The minimum Gasteiger partial charge on any atom is -0.334 e. The SMILES string of the molecule is O=C(NCc1ccc(F)cc1C(F)(F)F)N1CCN(Cc2ccccc2)CC1. The highest BCUT2D eigenvalue weighted by Crippen LogP contribution is 2.32. The van der Waals surface area contributed by atoms with Gasteiger partial charge in [-0.2, -0.15) is 13.2 Å². The molecule has 4 nitrogen and oxygen atoms in total. The van der Waals surface area contributed by atoms with Crippen molar-refractivity contribution in [2.75, 3.05) is 26.2 Å². The standard InChI is InChI=1S/C20H21F4N3O/c21-17-7-6-16(18(12-17)20(22,23)24)13-25-19(28)27-10-8-26(9-11-27)14-15-4-2-1-3-5-15/h1-7,12H,8-11,13-14H2,(H,25,28). The fraction of sp³-hybridized carbons (Fsp3) is 0.350. The molecule has 3 rings (SSSR count). The summed E-state index contributed by atoms with van der Waals surface area (Å²) in [6, 6.07) is 12.0. The molecule has 2 aromatic carbocycles. The van der Waals surface area contributed by atoms with Crippen LogP contribution in [0.2, 0.25) is 0 Å². The molecule has 1 aliphatic heterocycles. The maximum absolute atomic E-state index is 13.2. The fourth-order valence-corrected chi connectivity index (χ4v) is 3.20. The van der Waals surface area contributed by atoms with Gasteiger partial charge in [0.1, 0.15) is 5.82 Å². The number of carbonyl (C=O) groups is 1. The minimum atomic E-state index is -4.68. The predicted molar refractivity (Wildman–Crippen MR) is 96.9 cm³/mol. The highest BCUT2D eigenvalue weighted by molar-refractivity contribution is 5.74. The Morgan fingerprint density at radius 2 is 1.68 bits per heavy atom. The molecule has 1 aliphatic rings. The first-order valence-electron chi connectivity index (χ1n) is 8.97. The van der Waals surface area contributed by atoms with Crippen molar-refractivity contribution in [1.82, 2.24) is 15.1 Å². The Morgan fingerprint density at radius 3 is 2.32 bits per heavy atom. The normalized spacial score (nSPS) is 15.5. The van der Waals surface area contributed by atoms with Crippen molar-refractivity contribution >= 4 is 6.03 Å². The van der Waals surface area contributed by atoms with E-state index in [1.165, 1.54) is 5.56 Å². The van der Waals surface area contributed by atoms with E-state index in [2.05, 4.69) is 10.2 Å². The van der Waals surface area contributed by atoms with Crippen LogP contribution in [-0.2, 0) is 19.3 Å². The number of halogens is 4. The van der Waals surface area contributed by atoms with Crippen LogP contribution in [0.3, 0.4) is 0 Å². The predicted octanol–water partition coefficient (Wildman–Crippen LogP) is 3.87.